The van der Waals surface area contributed by atoms with Crippen LogP contribution in [0.4, 0.5) is 0 Å². The molecule has 2 rings (SSSR count). The number of allylic oxidation sites excluding steroid dienone is 8. The summed E-state index contributed by atoms with van der Waals surface area (Å²) >= 11 is 6.62. The standard InChI is InChI=1S/C40H56S2/c1-13-16-17-20-29(5)37(15-3)42-30(6)26-33-22-23-35(32(8)31(33)7)36-24-25-39(9,10)38(40(36,11)12)27-34(41)21-18-19-28(4)14-2/h13,15-16,18,21-28,36-38,41H,3,5-7,14,17,19-20H2,1-2,4,8-12H3/b16-13-,21-18+,33-26-,34-27-. The zero-order valence-electron chi connectivity index (χ0n) is 27.7. The Labute approximate surface area is 268 Å². The van der Waals surface area contributed by atoms with E-state index in [4.69, 9.17) is 12.6 Å². The van der Waals surface area contributed by atoms with Crippen LogP contribution in [0.25, 0.3) is 12.7 Å². The number of hydrogen-bond acceptors (Lipinski definition) is 2. The van der Waals surface area contributed by atoms with Gasteiger partial charge in [-0.25, -0.2) is 0 Å². The van der Waals surface area contributed by atoms with E-state index in [2.05, 4.69) is 142 Å². The molecule has 42 heavy (non-hydrogen) atoms. The molecule has 1 aliphatic rings. The van der Waals surface area contributed by atoms with Crippen LogP contribution in [0, 0.1) is 29.6 Å². The predicted octanol–water partition coefficient (Wildman–Crippen LogP) is 11.0. The summed E-state index contributed by atoms with van der Waals surface area (Å²) < 4.78 is 0. The molecule has 0 nitrogen and oxygen atoms in total. The van der Waals surface area contributed by atoms with Gasteiger partial charge in [0.25, 0.3) is 0 Å². The maximum atomic E-state index is 4.90. The summed E-state index contributed by atoms with van der Waals surface area (Å²) in [6.45, 7) is 35.6. The fourth-order valence-electron chi connectivity index (χ4n) is 6.11. The lowest BCUT2D eigenvalue weighted by molar-refractivity contribution is 0.119. The van der Waals surface area contributed by atoms with Crippen molar-refractivity contribution in [2.75, 3.05) is 0 Å². The lowest BCUT2D eigenvalue weighted by Gasteiger charge is -2.50. The first kappa shape index (κ1) is 36.0. The summed E-state index contributed by atoms with van der Waals surface area (Å²) in [5, 5.41) is 2.34. The highest BCUT2D eigenvalue weighted by Gasteiger charge is 2.46. The van der Waals surface area contributed by atoms with E-state index in [9.17, 15) is 0 Å². The largest absolute Gasteiger partial charge is 0.144 e. The molecule has 1 aromatic rings. The van der Waals surface area contributed by atoms with Crippen molar-refractivity contribution in [3.05, 3.63) is 117 Å². The molecule has 0 saturated heterocycles. The van der Waals surface area contributed by atoms with Gasteiger partial charge in [0.15, 0.2) is 0 Å². The minimum absolute atomic E-state index is 0.0107. The van der Waals surface area contributed by atoms with E-state index in [1.54, 1.807) is 11.8 Å². The maximum Gasteiger partial charge on any atom is 0.0479 e. The Bertz CT molecular complexity index is 1340. The molecular formula is C40H56S2. The van der Waals surface area contributed by atoms with Gasteiger partial charge >= 0.3 is 0 Å². The Morgan fingerprint density at radius 2 is 1.83 bits per heavy atom. The van der Waals surface area contributed by atoms with E-state index in [0.29, 0.717) is 11.8 Å². The second-order valence-corrected chi connectivity index (χ2v) is 15.0. The summed E-state index contributed by atoms with van der Waals surface area (Å²) in [5.74, 6) is 1.30. The molecule has 0 amide bonds. The molecule has 4 unspecified atom stereocenters. The number of rotatable bonds is 14. The van der Waals surface area contributed by atoms with E-state index in [1.165, 1.54) is 23.1 Å². The average molecular weight is 601 g/mol. The molecule has 0 aromatic heterocycles. The zero-order chi connectivity index (χ0) is 31.7. The molecule has 0 bridgehead atoms. The minimum Gasteiger partial charge on any atom is -0.144 e. The van der Waals surface area contributed by atoms with Crippen molar-refractivity contribution >= 4 is 37.0 Å². The van der Waals surface area contributed by atoms with Crippen molar-refractivity contribution in [3.63, 3.8) is 0 Å². The summed E-state index contributed by atoms with van der Waals surface area (Å²) in [6, 6.07) is 4.52. The molecule has 1 aliphatic carbocycles. The van der Waals surface area contributed by atoms with Crippen LogP contribution in [0.15, 0.2) is 95.9 Å². The first-order valence-corrected chi connectivity index (χ1v) is 16.9. The Kier molecular flexibility index (Phi) is 13.8. The molecule has 0 radical (unpaired) electrons. The number of thioether (sulfide) groups is 1. The first-order chi connectivity index (χ1) is 19.7. The third-order valence-corrected chi connectivity index (χ3v) is 10.6. The fraction of sp³-hybridized carbons (Fsp3) is 0.450. The summed E-state index contributed by atoms with van der Waals surface area (Å²) in [7, 11) is 0. The van der Waals surface area contributed by atoms with Crippen molar-refractivity contribution in [3.8, 4) is 0 Å². The van der Waals surface area contributed by atoms with Crippen LogP contribution in [0.1, 0.15) is 91.2 Å². The monoisotopic (exact) mass is 600 g/mol. The molecule has 0 fully saturated rings. The highest BCUT2D eigenvalue weighted by molar-refractivity contribution is 8.04. The molecule has 2 heteroatoms. The van der Waals surface area contributed by atoms with Gasteiger partial charge in [-0.05, 0) is 83.4 Å². The van der Waals surface area contributed by atoms with E-state index in [-0.39, 0.29) is 22.0 Å². The van der Waals surface area contributed by atoms with Gasteiger partial charge in [-0.2, -0.15) is 0 Å². The lowest BCUT2D eigenvalue weighted by atomic mass is 9.54. The quantitative estimate of drug-likeness (QED) is 0.126. The van der Waals surface area contributed by atoms with Gasteiger partial charge < -0.3 is 0 Å². The molecule has 0 saturated carbocycles. The van der Waals surface area contributed by atoms with Gasteiger partial charge in [-0.15, -0.1) is 31.0 Å². The van der Waals surface area contributed by atoms with Crippen molar-refractivity contribution in [2.24, 2.45) is 22.7 Å². The van der Waals surface area contributed by atoms with Gasteiger partial charge in [0.1, 0.15) is 0 Å². The molecule has 0 N–H and O–H groups in total. The Morgan fingerprint density at radius 3 is 2.45 bits per heavy atom. The fourth-order valence-corrected chi connectivity index (χ4v) is 7.27. The second kappa shape index (κ2) is 16.1. The smallest absolute Gasteiger partial charge is 0.0479 e. The molecular weight excluding hydrogens is 545 g/mol. The molecule has 0 aliphatic heterocycles. The number of hydrogen-bond donors (Lipinski definition) is 1. The summed E-state index contributed by atoms with van der Waals surface area (Å²) in [4.78, 5) is 2.05. The second-order valence-electron chi connectivity index (χ2n) is 13.2. The SMILES string of the molecule is C=CC(SC(=C)/C=c1/ccc(C2C=CC(C)(C)C(/C=C(S)/C=C/CC(C)CC)C2(C)C)c(C)c1=C)C(=C)CC/C=C\C. The van der Waals surface area contributed by atoms with Crippen molar-refractivity contribution in [1.29, 1.82) is 0 Å². The summed E-state index contributed by atoms with van der Waals surface area (Å²) in [5.41, 5.74) is 3.80. The minimum atomic E-state index is -0.0107. The van der Waals surface area contributed by atoms with Crippen LogP contribution in [-0.4, -0.2) is 5.25 Å². The highest BCUT2D eigenvalue weighted by Crippen LogP contribution is 2.55. The predicted molar refractivity (Wildman–Crippen MR) is 198 cm³/mol. The molecule has 228 valence electrons. The molecule has 4 atom stereocenters. The lowest BCUT2D eigenvalue weighted by Crippen LogP contribution is -2.42. The van der Waals surface area contributed by atoms with Gasteiger partial charge in [0.2, 0.25) is 0 Å². The normalized spacial score (nSPS) is 22.0. The van der Waals surface area contributed by atoms with Crippen molar-refractivity contribution in [1.82, 2.24) is 0 Å². The van der Waals surface area contributed by atoms with Crippen LogP contribution in [0.5, 0.6) is 0 Å². The number of thiol groups is 1. The van der Waals surface area contributed by atoms with E-state index in [1.807, 2.05) is 6.08 Å². The highest BCUT2D eigenvalue weighted by atomic mass is 32.2. The third kappa shape index (κ3) is 9.42. The van der Waals surface area contributed by atoms with Gasteiger partial charge in [-0.3, -0.25) is 0 Å². The van der Waals surface area contributed by atoms with Crippen molar-refractivity contribution in [2.45, 2.75) is 92.2 Å². The van der Waals surface area contributed by atoms with E-state index >= 15 is 0 Å². The summed E-state index contributed by atoms with van der Waals surface area (Å²) in [6.07, 6.45) is 24.4. The Hall–Kier alpha value is -2.16. The van der Waals surface area contributed by atoms with Crippen LogP contribution in [0.2, 0.25) is 0 Å². The van der Waals surface area contributed by atoms with Gasteiger partial charge in [-0.1, -0.05) is 134 Å². The zero-order valence-corrected chi connectivity index (χ0v) is 29.4. The topological polar surface area (TPSA) is 0 Å². The van der Waals surface area contributed by atoms with Crippen LogP contribution in [0.3, 0.4) is 0 Å². The van der Waals surface area contributed by atoms with Crippen molar-refractivity contribution < 1.29 is 0 Å². The van der Waals surface area contributed by atoms with E-state index in [0.717, 1.165) is 39.5 Å². The number of benzene rings is 1. The van der Waals surface area contributed by atoms with Crippen LogP contribution in [-0.2, 0) is 0 Å². The average Bonchev–Trinajstić information content (AvgIpc) is 2.92. The van der Waals surface area contributed by atoms with Crippen LogP contribution < -0.4 is 10.4 Å². The first-order valence-electron chi connectivity index (χ1n) is 15.5. The molecule has 0 heterocycles. The van der Waals surface area contributed by atoms with Gasteiger partial charge in [0, 0.05) is 21.0 Å². The Morgan fingerprint density at radius 1 is 1.14 bits per heavy atom. The maximum absolute atomic E-state index is 4.90. The van der Waals surface area contributed by atoms with Crippen LogP contribution >= 0.6 is 24.4 Å². The Balaban J connectivity index is 2.38. The third-order valence-electron chi connectivity index (χ3n) is 9.08. The van der Waals surface area contributed by atoms with Gasteiger partial charge in [0.05, 0.1) is 0 Å². The molecule has 1 aromatic carbocycles. The molecule has 0 spiro atoms. The van der Waals surface area contributed by atoms with E-state index < -0.39 is 0 Å².